The zero-order valence-corrected chi connectivity index (χ0v) is 12.4. The number of rotatable bonds is 4. The Balaban J connectivity index is 2.41. The first-order valence-electron chi connectivity index (χ1n) is 5.79. The number of nitro groups is 1. The van der Waals surface area contributed by atoms with Crippen molar-refractivity contribution < 1.29 is 14.8 Å². The Morgan fingerprint density at radius 2 is 2.14 bits per heavy atom. The van der Waals surface area contributed by atoms with E-state index in [9.17, 15) is 14.9 Å². The van der Waals surface area contributed by atoms with E-state index in [0.29, 0.717) is 0 Å². The summed E-state index contributed by atoms with van der Waals surface area (Å²) in [6, 6.07) is 6.68. The molecule has 0 spiro atoms. The van der Waals surface area contributed by atoms with Crippen molar-refractivity contribution in [2.24, 2.45) is 0 Å². The number of carbonyl (C=O) groups is 1. The normalized spacial score (nSPS) is 10.2. The summed E-state index contributed by atoms with van der Waals surface area (Å²) in [7, 11) is 0. The number of aromatic nitrogens is 1. The summed E-state index contributed by atoms with van der Waals surface area (Å²) < 4.78 is 0.843. The number of nitrogens with one attached hydrogen (secondary N) is 1. The predicted molar refractivity (Wildman–Crippen MR) is 80.0 cm³/mol. The third kappa shape index (κ3) is 3.34. The van der Waals surface area contributed by atoms with Crippen molar-refractivity contribution >= 4 is 39.1 Å². The van der Waals surface area contributed by atoms with Crippen LogP contribution in [0.2, 0.25) is 0 Å². The molecule has 0 unspecified atom stereocenters. The number of carboxylic acids is 1. The van der Waals surface area contributed by atoms with Crippen molar-refractivity contribution in [1.29, 1.82) is 0 Å². The molecule has 0 radical (unpaired) electrons. The van der Waals surface area contributed by atoms with Crippen molar-refractivity contribution in [2.45, 2.75) is 6.92 Å². The van der Waals surface area contributed by atoms with Crippen LogP contribution in [-0.2, 0) is 0 Å². The summed E-state index contributed by atoms with van der Waals surface area (Å²) in [6.07, 6.45) is 0.930. The van der Waals surface area contributed by atoms with Crippen molar-refractivity contribution in [3.05, 3.63) is 56.2 Å². The topological polar surface area (TPSA) is 105 Å². The van der Waals surface area contributed by atoms with E-state index in [1.54, 1.807) is 6.07 Å². The first-order chi connectivity index (χ1) is 9.88. The summed E-state index contributed by atoms with van der Waals surface area (Å²) in [6.45, 7) is 1.87. The standard InChI is InChI=1S/C13H10BrN3O4/c1-7-2-3-8(14)4-10(7)16-12-5-9(13(18)19)11(6-15-12)17(20)21/h2-6H,1H3,(H,15,16)(H,18,19). The van der Waals surface area contributed by atoms with Crippen LogP contribution in [0.25, 0.3) is 0 Å². The molecule has 7 nitrogen and oxygen atoms in total. The van der Waals surface area contributed by atoms with Crippen LogP contribution < -0.4 is 5.32 Å². The second-order valence-corrected chi connectivity index (χ2v) is 5.15. The summed E-state index contributed by atoms with van der Waals surface area (Å²) in [5, 5.41) is 22.8. The molecule has 2 N–H and O–H groups in total. The molecule has 0 bridgehead atoms. The molecule has 0 saturated heterocycles. The van der Waals surface area contributed by atoms with E-state index in [1.807, 2.05) is 19.1 Å². The fourth-order valence-corrected chi connectivity index (χ4v) is 2.06. The maximum Gasteiger partial charge on any atom is 0.342 e. The number of benzene rings is 1. The number of hydrogen-bond acceptors (Lipinski definition) is 5. The van der Waals surface area contributed by atoms with Gasteiger partial charge in [0.25, 0.3) is 0 Å². The summed E-state index contributed by atoms with van der Waals surface area (Å²) in [5.41, 5.74) is 0.696. The van der Waals surface area contributed by atoms with Gasteiger partial charge < -0.3 is 10.4 Å². The minimum absolute atomic E-state index is 0.221. The number of aryl methyl sites for hydroxylation is 1. The average molecular weight is 352 g/mol. The second-order valence-electron chi connectivity index (χ2n) is 4.23. The highest BCUT2D eigenvalue weighted by atomic mass is 79.9. The molecular weight excluding hydrogens is 342 g/mol. The highest BCUT2D eigenvalue weighted by Gasteiger charge is 2.21. The minimum atomic E-state index is -1.38. The van der Waals surface area contributed by atoms with Crippen molar-refractivity contribution in [2.75, 3.05) is 5.32 Å². The monoisotopic (exact) mass is 351 g/mol. The first kappa shape index (κ1) is 14.9. The van der Waals surface area contributed by atoms with Crippen LogP contribution in [0.5, 0.6) is 0 Å². The summed E-state index contributed by atoms with van der Waals surface area (Å²) >= 11 is 3.33. The quantitative estimate of drug-likeness (QED) is 0.644. The van der Waals surface area contributed by atoms with Crippen molar-refractivity contribution in [3.63, 3.8) is 0 Å². The Morgan fingerprint density at radius 1 is 1.43 bits per heavy atom. The lowest BCUT2D eigenvalue weighted by atomic mass is 10.2. The van der Waals surface area contributed by atoms with E-state index in [2.05, 4.69) is 26.2 Å². The molecule has 1 aromatic carbocycles. The SMILES string of the molecule is Cc1ccc(Br)cc1Nc1cc(C(=O)O)c([N+](=O)[O-])cn1. The van der Waals surface area contributed by atoms with Gasteiger partial charge in [0.1, 0.15) is 17.6 Å². The van der Waals surface area contributed by atoms with E-state index in [-0.39, 0.29) is 5.82 Å². The van der Waals surface area contributed by atoms with Gasteiger partial charge in [-0.05, 0) is 24.6 Å². The molecule has 2 rings (SSSR count). The van der Waals surface area contributed by atoms with Gasteiger partial charge in [0, 0.05) is 16.2 Å². The molecule has 108 valence electrons. The first-order valence-corrected chi connectivity index (χ1v) is 6.58. The van der Waals surface area contributed by atoms with Crippen LogP contribution in [-0.4, -0.2) is 21.0 Å². The van der Waals surface area contributed by atoms with Gasteiger partial charge in [0.05, 0.1) is 4.92 Å². The van der Waals surface area contributed by atoms with Crippen LogP contribution in [0.15, 0.2) is 34.9 Å². The van der Waals surface area contributed by atoms with Gasteiger partial charge >= 0.3 is 11.7 Å². The molecule has 8 heteroatoms. The van der Waals surface area contributed by atoms with Gasteiger partial charge in [-0.2, -0.15) is 0 Å². The number of anilines is 2. The Morgan fingerprint density at radius 3 is 2.76 bits per heavy atom. The van der Waals surface area contributed by atoms with Crippen LogP contribution >= 0.6 is 15.9 Å². The fourth-order valence-electron chi connectivity index (χ4n) is 1.70. The maximum atomic E-state index is 11.1. The van der Waals surface area contributed by atoms with Gasteiger partial charge in [0.15, 0.2) is 0 Å². The third-order valence-corrected chi connectivity index (χ3v) is 3.27. The Kier molecular flexibility index (Phi) is 4.18. The number of hydrogen-bond donors (Lipinski definition) is 2. The number of carboxylic acid groups (broad SMARTS) is 1. The molecule has 2 aromatic rings. The molecule has 0 amide bonds. The van der Waals surface area contributed by atoms with Crippen LogP contribution in [0.3, 0.4) is 0 Å². The average Bonchev–Trinajstić information content (AvgIpc) is 2.42. The van der Waals surface area contributed by atoms with E-state index in [4.69, 9.17) is 5.11 Å². The molecule has 21 heavy (non-hydrogen) atoms. The zero-order chi connectivity index (χ0) is 15.6. The van der Waals surface area contributed by atoms with Gasteiger partial charge in [-0.3, -0.25) is 10.1 Å². The highest BCUT2D eigenvalue weighted by molar-refractivity contribution is 9.10. The third-order valence-electron chi connectivity index (χ3n) is 2.77. The van der Waals surface area contributed by atoms with Crippen LogP contribution in [0, 0.1) is 17.0 Å². The Hall–Kier alpha value is -2.48. The Bertz CT molecular complexity index is 733. The molecular formula is C13H10BrN3O4. The largest absolute Gasteiger partial charge is 0.477 e. The Labute approximate surface area is 127 Å². The molecule has 0 aliphatic rings. The predicted octanol–water partition coefficient (Wildman–Crippen LogP) is 3.50. The minimum Gasteiger partial charge on any atom is -0.477 e. The molecule has 0 aliphatic carbocycles. The van der Waals surface area contributed by atoms with Gasteiger partial charge in [-0.1, -0.05) is 22.0 Å². The van der Waals surface area contributed by atoms with Gasteiger partial charge in [0.2, 0.25) is 0 Å². The van der Waals surface area contributed by atoms with Gasteiger partial charge in [-0.15, -0.1) is 0 Å². The summed E-state index contributed by atoms with van der Waals surface area (Å²) in [4.78, 5) is 25.0. The number of pyridine rings is 1. The molecule has 1 heterocycles. The lowest BCUT2D eigenvalue weighted by molar-refractivity contribution is -0.385. The molecule has 0 atom stereocenters. The van der Waals surface area contributed by atoms with Crippen molar-refractivity contribution in [1.82, 2.24) is 4.98 Å². The van der Waals surface area contributed by atoms with Crippen LogP contribution in [0.4, 0.5) is 17.2 Å². The summed E-state index contributed by atoms with van der Waals surface area (Å²) in [5.74, 6) is -1.16. The molecule has 0 saturated carbocycles. The van der Waals surface area contributed by atoms with E-state index in [1.165, 1.54) is 0 Å². The molecule has 0 aliphatic heterocycles. The number of aromatic carboxylic acids is 1. The van der Waals surface area contributed by atoms with Crippen LogP contribution in [0.1, 0.15) is 15.9 Å². The lowest BCUT2D eigenvalue weighted by Crippen LogP contribution is -2.05. The number of halogens is 1. The fraction of sp³-hybridized carbons (Fsp3) is 0.0769. The van der Waals surface area contributed by atoms with E-state index >= 15 is 0 Å². The smallest absolute Gasteiger partial charge is 0.342 e. The molecule has 1 aromatic heterocycles. The van der Waals surface area contributed by atoms with E-state index in [0.717, 1.165) is 28.0 Å². The zero-order valence-electron chi connectivity index (χ0n) is 10.8. The number of nitrogens with zero attached hydrogens (tertiary/aromatic N) is 2. The highest BCUT2D eigenvalue weighted by Crippen LogP contribution is 2.26. The van der Waals surface area contributed by atoms with E-state index < -0.39 is 22.1 Å². The van der Waals surface area contributed by atoms with Gasteiger partial charge in [-0.25, -0.2) is 9.78 Å². The second kappa shape index (κ2) is 5.88. The lowest BCUT2D eigenvalue weighted by Gasteiger charge is -2.10. The maximum absolute atomic E-state index is 11.1. The molecule has 0 fully saturated rings. The van der Waals surface area contributed by atoms with Crippen molar-refractivity contribution in [3.8, 4) is 0 Å².